The molecule has 2 aromatic rings. The molecule has 0 aliphatic heterocycles. The summed E-state index contributed by atoms with van der Waals surface area (Å²) in [6.07, 6.45) is 0. The van der Waals surface area contributed by atoms with E-state index in [2.05, 4.69) is 5.32 Å². The third-order valence-corrected chi connectivity index (χ3v) is 2.98. The first kappa shape index (κ1) is 13.9. The molecule has 0 amide bonds. The molecule has 0 radical (unpaired) electrons. The normalized spacial score (nSPS) is 9.85. The van der Waals surface area contributed by atoms with E-state index in [1.54, 1.807) is 13.0 Å². The van der Waals surface area contributed by atoms with Crippen molar-refractivity contribution in [2.75, 3.05) is 11.9 Å². The van der Waals surface area contributed by atoms with Gasteiger partial charge in [-0.25, -0.2) is 4.39 Å². The molecule has 0 saturated carbocycles. The molecular formula is C16H15FN2O. The van der Waals surface area contributed by atoms with Gasteiger partial charge >= 0.3 is 0 Å². The van der Waals surface area contributed by atoms with E-state index in [-0.39, 0.29) is 12.4 Å². The van der Waals surface area contributed by atoms with Gasteiger partial charge in [-0.2, -0.15) is 5.26 Å². The second kappa shape index (κ2) is 6.58. The van der Waals surface area contributed by atoms with Crippen molar-refractivity contribution in [1.82, 2.24) is 0 Å². The zero-order chi connectivity index (χ0) is 14.4. The second-order valence-corrected chi connectivity index (χ2v) is 4.36. The number of rotatable bonds is 5. The molecule has 0 unspecified atom stereocenters. The minimum absolute atomic E-state index is 0.0417. The van der Waals surface area contributed by atoms with Gasteiger partial charge in [-0.3, -0.25) is 0 Å². The molecule has 0 heterocycles. The smallest absolute Gasteiger partial charge is 0.174 e. The SMILES string of the molecule is Cc1c(F)cccc1NCc1ccc(OCC#N)cc1. The van der Waals surface area contributed by atoms with Gasteiger partial charge < -0.3 is 10.1 Å². The number of benzene rings is 2. The van der Waals surface area contributed by atoms with E-state index < -0.39 is 0 Å². The summed E-state index contributed by atoms with van der Waals surface area (Å²) in [7, 11) is 0. The van der Waals surface area contributed by atoms with Crippen molar-refractivity contribution in [2.24, 2.45) is 0 Å². The van der Waals surface area contributed by atoms with Crippen molar-refractivity contribution in [3.05, 3.63) is 59.4 Å². The van der Waals surface area contributed by atoms with Crippen molar-refractivity contribution in [3.8, 4) is 11.8 Å². The van der Waals surface area contributed by atoms with Crippen LogP contribution in [0.3, 0.4) is 0 Å². The van der Waals surface area contributed by atoms with E-state index in [1.165, 1.54) is 6.07 Å². The Labute approximate surface area is 117 Å². The molecule has 20 heavy (non-hydrogen) atoms. The molecule has 4 heteroatoms. The fourth-order valence-corrected chi connectivity index (χ4v) is 1.82. The zero-order valence-corrected chi connectivity index (χ0v) is 11.2. The quantitative estimate of drug-likeness (QED) is 0.902. The Hall–Kier alpha value is -2.54. The number of anilines is 1. The lowest BCUT2D eigenvalue weighted by molar-refractivity contribution is 0.368. The Bertz CT molecular complexity index is 617. The van der Waals surface area contributed by atoms with Crippen molar-refractivity contribution >= 4 is 5.69 Å². The van der Waals surface area contributed by atoms with Crippen LogP contribution in [0.1, 0.15) is 11.1 Å². The van der Waals surface area contributed by atoms with Gasteiger partial charge in [0.05, 0.1) is 0 Å². The molecule has 0 bridgehead atoms. The summed E-state index contributed by atoms with van der Waals surface area (Å²) >= 11 is 0. The maximum atomic E-state index is 13.4. The van der Waals surface area contributed by atoms with Crippen LogP contribution < -0.4 is 10.1 Å². The summed E-state index contributed by atoms with van der Waals surface area (Å²) < 4.78 is 18.6. The first-order chi connectivity index (χ1) is 9.70. The van der Waals surface area contributed by atoms with E-state index in [0.29, 0.717) is 17.9 Å². The number of nitriles is 1. The van der Waals surface area contributed by atoms with Crippen molar-refractivity contribution in [3.63, 3.8) is 0 Å². The fraction of sp³-hybridized carbons (Fsp3) is 0.188. The minimum atomic E-state index is -0.213. The van der Waals surface area contributed by atoms with E-state index in [9.17, 15) is 4.39 Å². The van der Waals surface area contributed by atoms with Crippen LogP contribution in [-0.2, 0) is 6.54 Å². The summed E-state index contributed by atoms with van der Waals surface area (Å²) in [6.45, 7) is 2.39. The Morgan fingerprint density at radius 1 is 1.20 bits per heavy atom. The van der Waals surface area contributed by atoms with Gasteiger partial charge in [-0.1, -0.05) is 18.2 Å². The number of nitrogens with zero attached hydrogens (tertiary/aromatic N) is 1. The predicted molar refractivity (Wildman–Crippen MR) is 76.0 cm³/mol. The zero-order valence-electron chi connectivity index (χ0n) is 11.2. The minimum Gasteiger partial charge on any atom is -0.479 e. The van der Waals surface area contributed by atoms with Crippen LogP contribution >= 0.6 is 0 Å². The predicted octanol–water partition coefficient (Wildman–Crippen LogP) is 3.65. The summed E-state index contributed by atoms with van der Waals surface area (Å²) in [6, 6.07) is 14.3. The van der Waals surface area contributed by atoms with E-state index >= 15 is 0 Å². The Morgan fingerprint density at radius 3 is 2.65 bits per heavy atom. The number of halogens is 1. The standard InChI is InChI=1S/C16H15FN2O/c1-12-15(17)3-2-4-16(12)19-11-13-5-7-14(8-6-13)20-10-9-18/h2-8,19H,10-11H2,1H3. The molecule has 0 aliphatic rings. The van der Waals surface area contributed by atoms with E-state index in [1.807, 2.05) is 36.4 Å². The van der Waals surface area contributed by atoms with Crippen LogP contribution in [0.4, 0.5) is 10.1 Å². The third-order valence-electron chi connectivity index (χ3n) is 2.98. The topological polar surface area (TPSA) is 45.0 Å². The average Bonchev–Trinajstić information content (AvgIpc) is 2.48. The Balaban J connectivity index is 1.97. The molecule has 2 rings (SSSR count). The molecule has 0 aromatic heterocycles. The van der Waals surface area contributed by atoms with E-state index in [4.69, 9.17) is 10.00 Å². The van der Waals surface area contributed by atoms with Crippen molar-refractivity contribution in [2.45, 2.75) is 13.5 Å². The van der Waals surface area contributed by atoms with Gasteiger partial charge in [-0.15, -0.1) is 0 Å². The van der Waals surface area contributed by atoms with E-state index in [0.717, 1.165) is 11.3 Å². The second-order valence-electron chi connectivity index (χ2n) is 4.36. The maximum absolute atomic E-state index is 13.4. The first-order valence-electron chi connectivity index (χ1n) is 6.28. The third kappa shape index (κ3) is 3.48. The van der Waals surface area contributed by atoms with Gasteiger partial charge in [-0.05, 0) is 36.8 Å². The highest BCUT2D eigenvalue weighted by Crippen LogP contribution is 2.19. The number of hydrogen-bond donors (Lipinski definition) is 1. The number of nitrogens with one attached hydrogen (secondary N) is 1. The van der Waals surface area contributed by atoms with Crippen LogP contribution in [0.15, 0.2) is 42.5 Å². The molecule has 0 atom stereocenters. The van der Waals surface area contributed by atoms with Crippen molar-refractivity contribution in [1.29, 1.82) is 5.26 Å². The molecule has 2 aromatic carbocycles. The average molecular weight is 270 g/mol. The Kier molecular flexibility index (Phi) is 4.56. The molecule has 102 valence electrons. The highest BCUT2D eigenvalue weighted by Gasteiger charge is 2.03. The molecule has 1 N–H and O–H groups in total. The van der Waals surface area contributed by atoms with Gasteiger partial charge in [0.1, 0.15) is 17.6 Å². The largest absolute Gasteiger partial charge is 0.479 e. The molecular weight excluding hydrogens is 255 g/mol. The lowest BCUT2D eigenvalue weighted by Gasteiger charge is -2.10. The van der Waals surface area contributed by atoms with Gasteiger partial charge in [0.15, 0.2) is 6.61 Å². The highest BCUT2D eigenvalue weighted by atomic mass is 19.1. The maximum Gasteiger partial charge on any atom is 0.174 e. The summed E-state index contributed by atoms with van der Waals surface area (Å²) in [4.78, 5) is 0. The summed E-state index contributed by atoms with van der Waals surface area (Å²) in [5, 5.41) is 11.6. The van der Waals surface area contributed by atoms with Crippen LogP contribution in [0, 0.1) is 24.1 Å². The summed E-state index contributed by atoms with van der Waals surface area (Å²) in [5.41, 5.74) is 2.45. The Morgan fingerprint density at radius 2 is 1.95 bits per heavy atom. The molecule has 0 spiro atoms. The lowest BCUT2D eigenvalue weighted by atomic mass is 10.1. The van der Waals surface area contributed by atoms with Crippen LogP contribution in [0.25, 0.3) is 0 Å². The van der Waals surface area contributed by atoms with Crippen LogP contribution in [-0.4, -0.2) is 6.61 Å². The molecule has 0 aliphatic carbocycles. The fourth-order valence-electron chi connectivity index (χ4n) is 1.82. The summed E-state index contributed by atoms with van der Waals surface area (Å²) in [5.74, 6) is 0.451. The first-order valence-corrected chi connectivity index (χ1v) is 6.28. The molecule has 3 nitrogen and oxygen atoms in total. The van der Waals surface area contributed by atoms with Gasteiger partial charge in [0.2, 0.25) is 0 Å². The number of ether oxygens (including phenoxy) is 1. The molecule has 0 fully saturated rings. The van der Waals surface area contributed by atoms with Gasteiger partial charge in [0, 0.05) is 17.8 Å². The van der Waals surface area contributed by atoms with Crippen LogP contribution in [0.2, 0.25) is 0 Å². The van der Waals surface area contributed by atoms with Crippen LogP contribution in [0.5, 0.6) is 5.75 Å². The highest BCUT2D eigenvalue weighted by molar-refractivity contribution is 5.51. The monoisotopic (exact) mass is 270 g/mol. The number of hydrogen-bond acceptors (Lipinski definition) is 3. The lowest BCUT2D eigenvalue weighted by Crippen LogP contribution is -2.02. The van der Waals surface area contributed by atoms with Gasteiger partial charge in [0.25, 0.3) is 0 Å². The van der Waals surface area contributed by atoms with Crippen molar-refractivity contribution < 1.29 is 9.13 Å². The molecule has 0 saturated heterocycles.